The second-order valence-corrected chi connectivity index (χ2v) is 4.09. The van der Waals surface area contributed by atoms with Gasteiger partial charge in [0.1, 0.15) is 6.04 Å². The molecule has 1 saturated carbocycles. The number of ether oxygens (including phenoxy) is 1. The molecule has 0 bridgehead atoms. The molecular weight excluding hydrogens is 182 g/mol. The minimum Gasteiger partial charge on any atom is -0.468 e. The molecule has 0 aromatic heterocycles. The number of carbonyl (C=O) groups is 1. The largest absolute Gasteiger partial charge is 0.468 e. The zero-order valence-electron chi connectivity index (χ0n) is 9.06. The van der Waals surface area contributed by atoms with E-state index >= 15 is 0 Å². The van der Waals surface area contributed by atoms with E-state index in [1.54, 1.807) is 6.92 Å². The summed E-state index contributed by atoms with van der Waals surface area (Å²) in [6.07, 6.45) is 1.76. The van der Waals surface area contributed by atoms with Gasteiger partial charge >= 0.3 is 5.97 Å². The van der Waals surface area contributed by atoms with E-state index in [4.69, 9.17) is 4.74 Å². The van der Waals surface area contributed by atoms with E-state index in [1.807, 2.05) is 11.9 Å². The normalized spacial score (nSPS) is 20.6. The predicted molar refractivity (Wildman–Crippen MR) is 52.8 cm³/mol. The zero-order chi connectivity index (χ0) is 10.7. The van der Waals surface area contributed by atoms with E-state index in [0.29, 0.717) is 12.5 Å². The van der Waals surface area contributed by atoms with Crippen LogP contribution in [-0.4, -0.2) is 48.8 Å². The lowest BCUT2D eigenvalue weighted by Crippen LogP contribution is -2.44. The Kier molecular flexibility index (Phi) is 3.89. The van der Waals surface area contributed by atoms with Gasteiger partial charge in [-0.3, -0.25) is 9.69 Å². The third-order valence-electron chi connectivity index (χ3n) is 2.54. The highest BCUT2D eigenvalue weighted by molar-refractivity contribution is 5.76. The molecule has 1 aliphatic rings. The van der Waals surface area contributed by atoms with Gasteiger partial charge in [-0.2, -0.15) is 0 Å². The second kappa shape index (κ2) is 4.75. The van der Waals surface area contributed by atoms with Crippen LogP contribution >= 0.6 is 0 Å². The summed E-state index contributed by atoms with van der Waals surface area (Å²) in [5.41, 5.74) is 0. The minimum atomic E-state index is -0.411. The molecular formula is C10H19NO3. The molecule has 0 aromatic carbocycles. The van der Waals surface area contributed by atoms with Crippen LogP contribution in [0.1, 0.15) is 19.8 Å². The second-order valence-electron chi connectivity index (χ2n) is 4.09. The van der Waals surface area contributed by atoms with Gasteiger partial charge in [0.2, 0.25) is 0 Å². The van der Waals surface area contributed by atoms with Crippen LogP contribution in [0.15, 0.2) is 0 Å². The van der Waals surface area contributed by atoms with Crippen molar-refractivity contribution in [3.8, 4) is 0 Å². The summed E-state index contributed by atoms with van der Waals surface area (Å²) in [5.74, 6) is 0.238. The minimum absolute atomic E-state index is 0.172. The highest BCUT2D eigenvalue weighted by atomic mass is 16.5. The Morgan fingerprint density at radius 3 is 2.57 bits per heavy atom. The number of likely N-dealkylation sites (N-methyl/N-ethyl adjacent to an activating group) is 1. The van der Waals surface area contributed by atoms with Crippen molar-refractivity contribution in [1.82, 2.24) is 4.90 Å². The zero-order valence-corrected chi connectivity index (χ0v) is 9.06. The average molecular weight is 201 g/mol. The molecule has 0 amide bonds. The highest BCUT2D eigenvalue weighted by Crippen LogP contribution is 2.35. The quantitative estimate of drug-likeness (QED) is 0.648. The van der Waals surface area contributed by atoms with E-state index in [-0.39, 0.29) is 12.0 Å². The molecule has 14 heavy (non-hydrogen) atoms. The molecule has 1 N–H and O–H groups in total. The first-order valence-corrected chi connectivity index (χ1v) is 5.02. The van der Waals surface area contributed by atoms with Gasteiger partial charge in [0.15, 0.2) is 0 Å². The third kappa shape index (κ3) is 2.96. The lowest BCUT2D eigenvalue weighted by molar-refractivity contribution is -0.147. The van der Waals surface area contributed by atoms with E-state index in [9.17, 15) is 9.90 Å². The summed E-state index contributed by atoms with van der Waals surface area (Å²) in [5, 5.41) is 9.23. The lowest BCUT2D eigenvalue weighted by atomic mass is 10.1. The molecule has 2 atom stereocenters. The van der Waals surface area contributed by atoms with Gasteiger partial charge in [-0.05, 0) is 32.7 Å². The molecule has 0 heterocycles. The van der Waals surface area contributed by atoms with Crippen molar-refractivity contribution < 1.29 is 14.6 Å². The van der Waals surface area contributed by atoms with Crippen LogP contribution in [-0.2, 0) is 9.53 Å². The number of rotatable bonds is 5. The summed E-state index contributed by atoms with van der Waals surface area (Å²) in [4.78, 5) is 13.4. The Morgan fingerprint density at radius 2 is 2.21 bits per heavy atom. The summed E-state index contributed by atoms with van der Waals surface area (Å²) >= 11 is 0. The van der Waals surface area contributed by atoms with E-state index in [2.05, 4.69) is 0 Å². The van der Waals surface area contributed by atoms with Crippen LogP contribution in [0.2, 0.25) is 0 Å². The number of aliphatic hydroxyl groups excluding tert-OH is 1. The monoisotopic (exact) mass is 201 g/mol. The molecule has 82 valence electrons. The van der Waals surface area contributed by atoms with E-state index in [0.717, 1.165) is 12.8 Å². The number of nitrogens with zero attached hydrogens (tertiary/aromatic N) is 1. The first-order chi connectivity index (χ1) is 6.56. The van der Waals surface area contributed by atoms with Gasteiger partial charge in [-0.1, -0.05) is 0 Å². The van der Waals surface area contributed by atoms with Crippen molar-refractivity contribution >= 4 is 5.97 Å². The topological polar surface area (TPSA) is 49.8 Å². The molecule has 0 aromatic rings. The van der Waals surface area contributed by atoms with Gasteiger partial charge in [-0.15, -0.1) is 0 Å². The van der Waals surface area contributed by atoms with Gasteiger partial charge in [-0.25, -0.2) is 0 Å². The lowest BCUT2D eigenvalue weighted by Gasteiger charge is -2.26. The van der Waals surface area contributed by atoms with Gasteiger partial charge in [0, 0.05) is 6.54 Å². The fourth-order valence-electron chi connectivity index (χ4n) is 1.80. The Hall–Kier alpha value is -0.610. The van der Waals surface area contributed by atoms with Crippen molar-refractivity contribution in [3.05, 3.63) is 0 Å². The van der Waals surface area contributed by atoms with Crippen LogP contribution in [0.25, 0.3) is 0 Å². The molecule has 0 radical (unpaired) electrons. The molecule has 1 aliphatic carbocycles. The Morgan fingerprint density at radius 1 is 1.64 bits per heavy atom. The summed E-state index contributed by atoms with van der Waals surface area (Å²) < 4.78 is 4.75. The number of esters is 1. The van der Waals surface area contributed by atoms with Crippen molar-refractivity contribution in [1.29, 1.82) is 0 Å². The summed E-state index contributed by atoms with van der Waals surface area (Å²) in [6.45, 7) is 2.23. The molecule has 0 aliphatic heterocycles. The average Bonchev–Trinajstić information content (AvgIpc) is 2.87. The predicted octanol–water partition coefficient (Wildman–Crippen LogP) is 0.251. The van der Waals surface area contributed by atoms with E-state index in [1.165, 1.54) is 7.11 Å². The standard InChI is InChI=1S/C10H19NO3/c1-7(12)6-11(2)9(8-4-5-8)10(13)14-3/h7-9,12H,4-6H2,1-3H3. The van der Waals surface area contributed by atoms with Crippen molar-refractivity contribution in [2.24, 2.45) is 5.92 Å². The Balaban J connectivity index is 2.52. The van der Waals surface area contributed by atoms with Crippen LogP contribution in [0.3, 0.4) is 0 Å². The van der Waals surface area contributed by atoms with Crippen molar-refractivity contribution in [2.75, 3.05) is 20.7 Å². The fourth-order valence-corrected chi connectivity index (χ4v) is 1.80. The molecule has 1 fully saturated rings. The molecule has 1 rings (SSSR count). The number of hydrogen-bond acceptors (Lipinski definition) is 4. The van der Waals surface area contributed by atoms with Crippen LogP contribution in [0.4, 0.5) is 0 Å². The molecule has 4 nitrogen and oxygen atoms in total. The molecule has 0 spiro atoms. The molecule has 2 unspecified atom stereocenters. The number of aliphatic hydroxyl groups is 1. The third-order valence-corrected chi connectivity index (χ3v) is 2.54. The molecule has 4 heteroatoms. The van der Waals surface area contributed by atoms with Gasteiger partial charge in [0.25, 0.3) is 0 Å². The maximum absolute atomic E-state index is 11.5. The highest BCUT2D eigenvalue weighted by Gasteiger charge is 2.39. The van der Waals surface area contributed by atoms with Crippen LogP contribution in [0, 0.1) is 5.92 Å². The maximum atomic E-state index is 11.5. The van der Waals surface area contributed by atoms with Gasteiger partial charge in [0.05, 0.1) is 13.2 Å². The number of carbonyl (C=O) groups excluding carboxylic acids is 1. The van der Waals surface area contributed by atoms with Crippen LogP contribution in [0.5, 0.6) is 0 Å². The number of hydrogen-bond donors (Lipinski definition) is 1. The maximum Gasteiger partial charge on any atom is 0.323 e. The summed E-state index contributed by atoms with van der Waals surface area (Å²) in [6, 6.07) is -0.172. The number of methoxy groups -OCH3 is 1. The van der Waals surface area contributed by atoms with E-state index < -0.39 is 6.10 Å². The molecule has 0 saturated heterocycles. The Bertz CT molecular complexity index is 202. The SMILES string of the molecule is COC(=O)C(C1CC1)N(C)CC(C)O. The van der Waals surface area contributed by atoms with Crippen molar-refractivity contribution in [3.63, 3.8) is 0 Å². The smallest absolute Gasteiger partial charge is 0.323 e. The first-order valence-electron chi connectivity index (χ1n) is 5.02. The van der Waals surface area contributed by atoms with Crippen LogP contribution < -0.4 is 0 Å². The van der Waals surface area contributed by atoms with Gasteiger partial charge < -0.3 is 9.84 Å². The first kappa shape index (κ1) is 11.5. The summed E-state index contributed by atoms with van der Waals surface area (Å²) in [7, 11) is 3.26. The Labute approximate surface area is 84.8 Å². The fraction of sp³-hybridized carbons (Fsp3) is 0.900. The van der Waals surface area contributed by atoms with Crippen molar-refractivity contribution in [2.45, 2.75) is 31.9 Å².